The van der Waals surface area contributed by atoms with E-state index in [4.69, 9.17) is 0 Å². The molecular weight excluding hydrogens is 252 g/mol. The second-order valence-corrected chi connectivity index (χ2v) is 4.80. The van der Waals surface area contributed by atoms with Crippen LogP contribution in [0.5, 0.6) is 0 Å². The van der Waals surface area contributed by atoms with Gasteiger partial charge in [0.05, 0.1) is 6.61 Å². The van der Waals surface area contributed by atoms with Crippen molar-refractivity contribution in [1.29, 1.82) is 0 Å². The molecule has 114 valence electrons. The molecule has 0 aliphatic heterocycles. The molecule has 5 heteroatoms. The standard InChI is InChI=1S/C15H28N4O/c1-5-12(6-2)19(9-10-20)15-11-14(16-8-4)17-13(7-3)18-15/h11-12,20H,5-10H2,1-4H3,(H,16,17,18). The average Bonchev–Trinajstić information content (AvgIpc) is 2.47. The van der Waals surface area contributed by atoms with E-state index in [0.717, 1.165) is 43.3 Å². The number of aliphatic hydroxyl groups is 1. The van der Waals surface area contributed by atoms with Crippen LogP contribution in [0.1, 0.15) is 46.4 Å². The van der Waals surface area contributed by atoms with Gasteiger partial charge in [-0.2, -0.15) is 0 Å². The van der Waals surface area contributed by atoms with Crippen LogP contribution in [0.15, 0.2) is 6.07 Å². The maximum Gasteiger partial charge on any atom is 0.134 e. The van der Waals surface area contributed by atoms with Gasteiger partial charge in [0, 0.05) is 31.6 Å². The molecule has 0 spiro atoms. The third kappa shape index (κ3) is 4.34. The molecule has 2 N–H and O–H groups in total. The molecule has 0 unspecified atom stereocenters. The molecule has 0 saturated carbocycles. The van der Waals surface area contributed by atoms with Crippen molar-refractivity contribution in [2.24, 2.45) is 0 Å². The van der Waals surface area contributed by atoms with Gasteiger partial charge in [0.2, 0.25) is 0 Å². The second kappa shape index (κ2) is 8.74. The molecule has 0 aliphatic carbocycles. The van der Waals surface area contributed by atoms with Crippen molar-refractivity contribution in [2.45, 2.75) is 53.0 Å². The van der Waals surface area contributed by atoms with Crippen molar-refractivity contribution in [1.82, 2.24) is 9.97 Å². The summed E-state index contributed by atoms with van der Waals surface area (Å²) in [6.07, 6.45) is 2.89. The second-order valence-electron chi connectivity index (χ2n) is 4.80. The van der Waals surface area contributed by atoms with E-state index in [1.807, 2.05) is 6.07 Å². The third-order valence-electron chi connectivity index (χ3n) is 3.45. The highest BCUT2D eigenvalue weighted by molar-refractivity contribution is 5.50. The fraction of sp³-hybridized carbons (Fsp3) is 0.733. The molecule has 0 aromatic carbocycles. The molecule has 0 radical (unpaired) electrons. The van der Waals surface area contributed by atoms with Crippen molar-refractivity contribution in [3.8, 4) is 0 Å². The zero-order valence-corrected chi connectivity index (χ0v) is 13.2. The van der Waals surface area contributed by atoms with Crippen LogP contribution in [0.3, 0.4) is 0 Å². The molecule has 0 amide bonds. The first-order valence-corrected chi connectivity index (χ1v) is 7.69. The Kier molecular flexibility index (Phi) is 7.30. The quantitative estimate of drug-likeness (QED) is 0.727. The lowest BCUT2D eigenvalue weighted by atomic mass is 10.1. The van der Waals surface area contributed by atoms with E-state index in [1.54, 1.807) is 0 Å². The van der Waals surface area contributed by atoms with Crippen LogP contribution in [0, 0.1) is 0 Å². The van der Waals surface area contributed by atoms with Crippen LogP contribution in [-0.4, -0.2) is 40.8 Å². The first kappa shape index (κ1) is 16.7. The van der Waals surface area contributed by atoms with E-state index < -0.39 is 0 Å². The summed E-state index contributed by atoms with van der Waals surface area (Å²) in [6.45, 7) is 10.0. The van der Waals surface area contributed by atoms with Gasteiger partial charge in [0.1, 0.15) is 17.5 Å². The SMILES string of the molecule is CCNc1cc(N(CCO)C(CC)CC)nc(CC)n1. The van der Waals surface area contributed by atoms with E-state index in [9.17, 15) is 5.11 Å². The summed E-state index contributed by atoms with van der Waals surface area (Å²) in [4.78, 5) is 11.3. The maximum absolute atomic E-state index is 9.34. The lowest BCUT2D eigenvalue weighted by Crippen LogP contribution is -2.37. The summed E-state index contributed by atoms with van der Waals surface area (Å²) in [5.74, 6) is 2.62. The van der Waals surface area contributed by atoms with Gasteiger partial charge in [0.25, 0.3) is 0 Å². The molecule has 0 saturated heterocycles. The highest BCUT2D eigenvalue weighted by atomic mass is 16.3. The molecule has 0 fully saturated rings. The lowest BCUT2D eigenvalue weighted by molar-refractivity contribution is 0.295. The Labute approximate surface area is 122 Å². The summed E-state index contributed by atoms with van der Waals surface area (Å²) in [7, 11) is 0. The zero-order chi connectivity index (χ0) is 15.0. The number of anilines is 2. The molecule has 0 aliphatic rings. The van der Waals surface area contributed by atoms with Crippen molar-refractivity contribution < 1.29 is 5.11 Å². The van der Waals surface area contributed by atoms with Crippen LogP contribution in [-0.2, 0) is 6.42 Å². The van der Waals surface area contributed by atoms with Crippen molar-refractivity contribution in [3.05, 3.63) is 11.9 Å². The van der Waals surface area contributed by atoms with Crippen LogP contribution < -0.4 is 10.2 Å². The lowest BCUT2D eigenvalue weighted by Gasteiger charge is -2.31. The van der Waals surface area contributed by atoms with Gasteiger partial charge in [-0.15, -0.1) is 0 Å². The van der Waals surface area contributed by atoms with Crippen LogP contribution >= 0.6 is 0 Å². The predicted octanol–water partition coefficient (Wildman–Crippen LogP) is 2.46. The van der Waals surface area contributed by atoms with Crippen molar-refractivity contribution in [3.63, 3.8) is 0 Å². The van der Waals surface area contributed by atoms with E-state index in [0.29, 0.717) is 12.6 Å². The molecule has 1 aromatic heterocycles. The molecule has 1 rings (SSSR count). The third-order valence-corrected chi connectivity index (χ3v) is 3.45. The minimum Gasteiger partial charge on any atom is -0.395 e. The predicted molar refractivity (Wildman–Crippen MR) is 84.4 cm³/mol. The molecule has 20 heavy (non-hydrogen) atoms. The van der Waals surface area contributed by atoms with E-state index in [2.05, 4.69) is 47.9 Å². The summed E-state index contributed by atoms with van der Waals surface area (Å²) in [5.41, 5.74) is 0. The first-order valence-electron chi connectivity index (χ1n) is 7.69. The monoisotopic (exact) mass is 280 g/mol. The molecule has 0 atom stereocenters. The smallest absolute Gasteiger partial charge is 0.134 e. The Balaban J connectivity index is 3.13. The molecule has 5 nitrogen and oxygen atoms in total. The number of aryl methyl sites for hydroxylation is 1. The first-order chi connectivity index (χ1) is 9.69. The minimum absolute atomic E-state index is 0.137. The fourth-order valence-corrected chi connectivity index (χ4v) is 2.38. The highest BCUT2D eigenvalue weighted by Gasteiger charge is 2.18. The Morgan fingerprint density at radius 2 is 1.90 bits per heavy atom. The Morgan fingerprint density at radius 3 is 2.40 bits per heavy atom. The number of rotatable bonds is 9. The molecular formula is C15H28N4O. The van der Waals surface area contributed by atoms with E-state index in [1.165, 1.54) is 0 Å². The molecule has 1 aromatic rings. The number of hydrogen-bond acceptors (Lipinski definition) is 5. The van der Waals surface area contributed by atoms with Gasteiger partial charge < -0.3 is 15.3 Å². The molecule has 0 bridgehead atoms. The van der Waals surface area contributed by atoms with Gasteiger partial charge in [-0.1, -0.05) is 20.8 Å². The Bertz CT molecular complexity index is 393. The largest absolute Gasteiger partial charge is 0.395 e. The van der Waals surface area contributed by atoms with Crippen molar-refractivity contribution in [2.75, 3.05) is 29.9 Å². The normalized spacial score (nSPS) is 10.9. The summed E-state index contributed by atoms with van der Waals surface area (Å²) in [5, 5.41) is 12.6. The maximum atomic E-state index is 9.34. The number of aromatic nitrogens is 2. The number of nitrogens with zero attached hydrogens (tertiary/aromatic N) is 3. The zero-order valence-electron chi connectivity index (χ0n) is 13.2. The Hall–Kier alpha value is -1.36. The van der Waals surface area contributed by atoms with Crippen LogP contribution in [0.2, 0.25) is 0 Å². The summed E-state index contributed by atoms with van der Waals surface area (Å²) in [6, 6.07) is 2.38. The number of aliphatic hydroxyl groups excluding tert-OH is 1. The Morgan fingerprint density at radius 1 is 1.20 bits per heavy atom. The van der Waals surface area contributed by atoms with Gasteiger partial charge in [-0.3, -0.25) is 0 Å². The van der Waals surface area contributed by atoms with Crippen LogP contribution in [0.25, 0.3) is 0 Å². The van der Waals surface area contributed by atoms with E-state index in [-0.39, 0.29) is 6.61 Å². The van der Waals surface area contributed by atoms with Gasteiger partial charge in [-0.25, -0.2) is 9.97 Å². The van der Waals surface area contributed by atoms with E-state index >= 15 is 0 Å². The van der Waals surface area contributed by atoms with Gasteiger partial charge in [0.15, 0.2) is 0 Å². The minimum atomic E-state index is 0.137. The highest BCUT2D eigenvalue weighted by Crippen LogP contribution is 2.21. The summed E-state index contributed by atoms with van der Waals surface area (Å²) < 4.78 is 0. The van der Waals surface area contributed by atoms with Gasteiger partial charge in [-0.05, 0) is 19.8 Å². The fourth-order valence-electron chi connectivity index (χ4n) is 2.38. The topological polar surface area (TPSA) is 61.3 Å². The van der Waals surface area contributed by atoms with Crippen LogP contribution in [0.4, 0.5) is 11.6 Å². The van der Waals surface area contributed by atoms with Gasteiger partial charge >= 0.3 is 0 Å². The number of nitrogens with one attached hydrogen (secondary N) is 1. The average molecular weight is 280 g/mol. The number of hydrogen-bond donors (Lipinski definition) is 2. The summed E-state index contributed by atoms with van der Waals surface area (Å²) >= 11 is 0. The molecule has 1 heterocycles. The van der Waals surface area contributed by atoms with Crippen molar-refractivity contribution >= 4 is 11.6 Å².